The molecule has 0 bridgehead atoms. The highest BCUT2D eigenvalue weighted by molar-refractivity contribution is 5.30. The Kier molecular flexibility index (Phi) is 4.06. The number of rotatable bonds is 4. The van der Waals surface area contributed by atoms with Crippen molar-refractivity contribution in [3.05, 3.63) is 36.2 Å². The highest BCUT2D eigenvalue weighted by atomic mass is 15.5. The molecule has 1 aliphatic rings. The first-order valence-corrected chi connectivity index (χ1v) is 7.39. The monoisotopic (exact) mass is 271 g/mol. The van der Waals surface area contributed by atoms with Gasteiger partial charge in [0.15, 0.2) is 5.82 Å². The van der Waals surface area contributed by atoms with Gasteiger partial charge in [0.25, 0.3) is 0 Å². The maximum absolute atomic E-state index is 4.13. The van der Waals surface area contributed by atoms with Crippen molar-refractivity contribution in [3.63, 3.8) is 0 Å². The second-order valence-electron chi connectivity index (χ2n) is 5.68. The van der Waals surface area contributed by atoms with Crippen LogP contribution in [-0.4, -0.2) is 26.2 Å². The van der Waals surface area contributed by atoms with Crippen LogP contribution in [-0.2, 0) is 6.54 Å². The third-order valence-electron chi connectivity index (χ3n) is 4.10. The first kappa shape index (κ1) is 13.2. The van der Waals surface area contributed by atoms with E-state index in [0.717, 1.165) is 24.0 Å². The smallest absolute Gasteiger partial charge is 0.170 e. The van der Waals surface area contributed by atoms with E-state index >= 15 is 0 Å². The number of nitrogens with one attached hydrogen (secondary N) is 1. The molecule has 1 saturated carbocycles. The Morgan fingerprint density at radius 1 is 1.15 bits per heavy atom. The maximum atomic E-state index is 4.13. The lowest BCUT2D eigenvalue weighted by molar-refractivity contribution is 0.304. The molecular weight excluding hydrogens is 250 g/mol. The van der Waals surface area contributed by atoms with Crippen molar-refractivity contribution in [2.45, 2.75) is 45.2 Å². The molecule has 1 aromatic heterocycles. The summed E-state index contributed by atoms with van der Waals surface area (Å²) in [6, 6.07) is 10.6. The van der Waals surface area contributed by atoms with E-state index in [1.165, 1.54) is 25.7 Å². The van der Waals surface area contributed by atoms with Crippen LogP contribution in [0.25, 0.3) is 5.69 Å². The Balaban J connectivity index is 1.63. The standard InChI is InChI=1S/C15H21N5/c1-12-7-9-13(10-8-12)16-11-15-17-18-19-20(15)14-5-3-2-4-6-14/h2-6,12-13,16H,7-11H2,1H3. The number of nitrogens with zero attached hydrogens (tertiary/aromatic N) is 4. The molecule has 0 atom stereocenters. The largest absolute Gasteiger partial charge is 0.307 e. The second kappa shape index (κ2) is 6.13. The van der Waals surface area contributed by atoms with E-state index in [-0.39, 0.29) is 0 Å². The van der Waals surface area contributed by atoms with E-state index in [2.05, 4.69) is 27.8 Å². The highest BCUT2D eigenvalue weighted by Crippen LogP contribution is 2.23. The lowest BCUT2D eigenvalue weighted by Crippen LogP contribution is -2.33. The number of tetrazole rings is 1. The fourth-order valence-electron chi connectivity index (χ4n) is 2.79. The van der Waals surface area contributed by atoms with E-state index in [0.29, 0.717) is 6.04 Å². The van der Waals surface area contributed by atoms with Crippen molar-refractivity contribution in [3.8, 4) is 5.69 Å². The van der Waals surface area contributed by atoms with Crippen molar-refractivity contribution >= 4 is 0 Å². The van der Waals surface area contributed by atoms with Gasteiger partial charge in [-0.15, -0.1) is 5.10 Å². The van der Waals surface area contributed by atoms with Crippen LogP contribution in [0.4, 0.5) is 0 Å². The minimum atomic E-state index is 0.604. The Bertz CT molecular complexity index is 528. The molecular formula is C15H21N5. The average Bonchev–Trinajstić information content (AvgIpc) is 2.96. The zero-order chi connectivity index (χ0) is 13.8. The van der Waals surface area contributed by atoms with Crippen LogP contribution in [0.15, 0.2) is 30.3 Å². The number of para-hydroxylation sites is 1. The molecule has 0 saturated heterocycles. The van der Waals surface area contributed by atoms with E-state index in [4.69, 9.17) is 0 Å². The molecule has 5 heteroatoms. The molecule has 1 fully saturated rings. The van der Waals surface area contributed by atoms with Gasteiger partial charge in [0.2, 0.25) is 0 Å². The van der Waals surface area contributed by atoms with Crippen molar-refractivity contribution in [2.75, 3.05) is 0 Å². The predicted octanol–water partition coefficient (Wildman–Crippen LogP) is 2.33. The lowest BCUT2D eigenvalue weighted by atomic mass is 9.87. The van der Waals surface area contributed by atoms with Gasteiger partial charge in [-0.05, 0) is 54.2 Å². The minimum absolute atomic E-state index is 0.604. The van der Waals surface area contributed by atoms with Crippen LogP contribution >= 0.6 is 0 Å². The Morgan fingerprint density at radius 2 is 1.90 bits per heavy atom. The topological polar surface area (TPSA) is 55.6 Å². The second-order valence-corrected chi connectivity index (χ2v) is 5.68. The van der Waals surface area contributed by atoms with Crippen molar-refractivity contribution < 1.29 is 0 Å². The molecule has 0 unspecified atom stereocenters. The lowest BCUT2D eigenvalue weighted by Gasteiger charge is -2.26. The van der Waals surface area contributed by atoms with Gasteiger partial charge in [0.05, 0.1) is 12.2 Å². The molecule has 2 aromatic rings. The van der Waals surface area contributed by atoms with Gasteiger partial charge in [-0.1, -0.05) is 25.1 Å². The SMILES string of the molecule is CC1CCC(NCc2nnnn2-c2ccccc2)CC1. The number of hydrogen-bond acceptors (Lipinski definition) is 4. The van der Waals surface area contributed by atoms with Crippen LogP contribution in [0.5, 0.6) is 0 Å². The van der Waals surface area contributed by atoms with Crippen LogP contribution in [0.1, 0.15) is 38.4 Å². The molecule has 5 nitrogen and oxygen atoms in total. The summed E-state index contributed by atoms with van der Waals surface area (Å²) in [7, 11) is 0. The summed E-state index contributed by atoms with van der Waals surface area (Å²) in [5.41, 5.74) is 1.01. The average molecular weight is 271 g/mol. The van der Waals surface area contributed by atoms with Gasteiger partial charge in [-0.25, -0.2) is 0 Å². The highest BCUT2D eigenvalue weighted by Gasteiger charge is 2.18. The molecule has 1 aromatic carbocycles. The Morgan fingerprint density at radius 3 is 2.65 bits per heavy atom. The van der Waals surface area contributed by atoms with Gasteiger partial charge in [0, 0.05) is 6.04 Å². The third-order valence-corrected chi connectivity index (χ3v) is 4.10. The van der Waals surface area contributed by atoms with E-state index in [9.17, 15) is 0 Å². The first-order chi connectivity index (χ1) is 9.83. The predicted molar refractivity (Wildman–Crippen MR) is 77.4 cm³/mol. The number of aromatic nitrogens is 4. The minimum Gasteiger partial charge on any atom is -0.307 e. The van der Waals surface area contributed by atoms with Gasteiger partial charge >= 0.3 is 0 Å². The molecule has 0 radical (unpaired) electrons. The first-order valence-electron chi connectivity index (χ1n) is 7.39. The van der Waals surface area contributed by atoms with Gasteiger partial charge in [-0.3, -0.25) is 0 Å². The fraction of sp³-hybridized carbons (Fsp3) is 0.533. The summed E-state index contributed by atoms with van der Waals surface area (Å²) in [6.45, 7) is 3.06. The van der Waals surface area contributed by atoms with Crippen LogP contribution in [0.3, 0.4) is 0 Å². The zero-order valence-electron chi connectivity index (χ0n) is 11.9. The number of benzene rings is 1. The molecule has 1 heterocycles. The molecule has 20 heavy (non-hydrogen) atoms. The molecule has 106 valence electrons. The Labute approximate surface area is 119 Å². The summed E-state index contributed by atoms with van der Waals surface area (Å²) >= 11 is 0. The maximum Gasteiger partial charge on any atom is 0.170 e. The van der Waals surface area contributed by atoms with Gasteiger partial charge in [0.1, 0.15) is 0 Å². The van der Waals surface area contributed by atoms with Crippen LogP contribution in [0, 0.1) is 5.92 Å². The van der Waals surface area contributed by atoms with E-state index in [1.54, 1.807) is 4.68 Å². The summed E-state index contributed by atoms with van der Waals surface area (Å²) in [4.78, 5) is 0. The Hall–Kier alpha value is -1.75. The summed E-state index contributed by atoms with van der Waals surface area (Å²) in [5.74, 6) is 1.75. The zero-order valence-corrected chi connectivity index (χ0v) is 11.9. The van der Waals surface area contributed by atoms with Crippen LogP contribution in [0.2, 0.25) is 0 Å². The summed E-state index contributed by atoms with van der Waals surface area (Å²) < 4.78 is 1.80. The molecule has 0 spiro atoms. The molecule has 0 amide bonds. The van der Waals surface area contributed by atoms with Crippen molar-refractivity contribution in [1.82, 2.24) is 25.5 Å². The quantitative estimate of drug-likeness (QED) is 0.927. The van der Waals surface area contributed by atoms with E-state index < -0.39 is 0 Å². The van der Waals surface area contributed by atoms with Gasteiger partial charge < -0.3 is 5.32 Å². The fourth-order valence-corrected chi connectivity index (χ4v) is 2.79. The summed E-state index contributed by atoms with van der Waals surface area (Å²) in [5, 5.41) is 15.6. The summed E-state index contributed by atoms with van der Waals surface area (Å²) in [6.07, 6.45) is 5.16. The van der Waals surface area contributed by atoms with Gasteiger partial charge in [-0.2, -0.15) is 4.68 Å². The molecule has 1 aliphatic carbocycles. The molecule has 0 aliphatic heterocycles. The normalized spacial score (nSPS) is 22.9. The molecule has 3 rings (SSSR count). The van der Waals surface area contributed by atoms with Crippen molar-refractivity contribution in [2.24, 2.45) is 5.92 Å². The van der Waals surface area contributed by atoms with E-state index in [1.807, 2.05) is 30.3 Å². The number of hydrogen-bond donors (Lipinski definition) is 1. The molecule has 1 N–H and O–H groups in total. The third kappa shape index (κ3) is 3.04. The van der Waals surface area contributed by atoms with Crippen molar-refractivity contribution in [1.29, 1.82) is 0 Å². The van der Waals surface area contributed by atoms with Crippen LogP contribution < -0.4 is 5.32 Å².